The minimum absolute atomic E-state index is 1.25. The lowest BCUT2D eigenvalue weighted by molar-refractivity contribution is 1.46. The number of hydrogen-bond acceptors (Lipinski definition) is 0. The van der Waals surface area contributed by atoms with Crippen molar-refractivity contribution < 1.29 is 0 Å². The Morgan fingerprint density at radius 3 is 1.62 bits per heavy atom. The fourth-order valence-electron chi connectivity index (χ4n) is 3.41. The monoisotopic (exact) mass is 334 g/mol. The summed E-state index contributed by atoms with van der Waals surface area (Å²) in [6.45, 7) is 4.27. The van der Waals surface area contributed by atoms with E-state index < -0.39 is 0 Å². The predicted molar refractivity (Wildman–Crippen MR) is 112 cm³/mol. The quantitative estimate of drug-likeness (QED) is 0.368. The second kappa shape index (κ2) is 7.01. The summed E-state index contributed by atoms with van der Waals surface area (Å²) in [7, 11) is 0. The van der Waals surface area contributed by atoms with Gasteiger partial charge < -0.3 is 0 Å². The fraction of sp³-hybridized carbons (Fsp3) is 0.0769. The van der Waals surface area contributed by atoms with E-state index in [4.69, 9.17) is 0 Å². The summed E-state index contributed by atoms with van der Waals surface area (Å²) in [6.07, 6.45) is 0. The Labute approximate surface area is 155 Å². The van der Waals surface area contributed by atoms with Gasteiger partial charge in [0.1, 0.15) is 0 Å². The van der Waals surface area contributed by atoms with Gasteiger partial charge in [0.15, 0.2) is 0 Å². The van der Waals surface area contributed by atoms with E-state index in [9.17, 15) is 0 Å². The molecule has 0 radical (unpaired) electrons. The van der Waals surface area contributed by atoms with E-state index in [1.165, 1.54) is 44.5 Å². The molecular formula is C26H22. The maximum Gasteiger partial charge on any atom is -0.0105 e. The first-order valence-corrected chi connectivity index (χ1v) is 9.04. The molecule has 0 saturated heterocycles. The van der Waals surface area contributed by atoms with E-state index in [2.05, 4.69) is 111 Å². The molecule has 0 aliphatic rings. The molecule has 4 aromatic rings. The third-order valence-corrected chi connectivity index (χ3v) is 4.81. The lowest BCUT2D eigenvalue weighted by atomic mass is 9.92. The first-order chi connectivity index (χ1) is 12.7. The highest BCUT2D eigenvalue weighted by atomic mass is 14.1. The fourth-order valence-corrected chi connectivity index (χ4v) is 3.41. The van der Waals surface area contributed by atoms with Crippen LogP contribution in [0, 0.1) is 13.8 Å². The third-order valence-electron chi connectivity index (χ3n) is 4.81. The van der Waals surface area contributed by atoms with Crippen LogP contribution in [0.4, 0.5) is 0 Å². The molecule has 0 unspecified atom stereocenters. The van der Waals surface area contributed by atoms with Gasteiger partial charge in [-0.2, -0.15) is 0 Å². The molecule has 0 heterocycles. The van der Waals surface area contributed by atoms with Crippen molar-refractivity contribution in [1.82, 2.24) is 0 Å². The molecule has 0 bridgehead atoms. The Hall–Kier alpha value is -3.12. The Balaban J connectivity index is 1.82. The molecule has 0 atom stereocenters. The van der Waals surface area contributed by atoms with Crippen LogP contribution < -0.4 is 0 Å². The number of benzene rings is 4. The first kappa shape index (κ1) is 16.4. The van der Waals surface area contributed by atoms with Gasteiger partial charge in [0.05, 0.1) is 0 Å². The molecule has 0 saturated carbocycles. The Kier molecular flexibility index (Phi) is 4.41. The van der Waals surface area contributed by atoms with Crippen molar-refractivity contribution in [1.29, 1.82) is 0 Å². The van der Waals surface area contributed by atoms with Crippen LogP contribution >= 0.6 is 0 Å². The molecule has 26 heavy (non-hydrogen) atoms. The van der Waals surface area contributed by atoms with Gasteiger partial charge in [-0.05, 0) is 53.3 Å². The molecule has 0 aliphatic carbocycles. The minimum Gasteiger partial charge on any atom is -0.0616 e. The van der Waals surface area contributed by atoms with Gasteiger partial charge in [0.2, 0.25) is 0 Å². The molecular weight excluding hydrogens is 312 g/mol. The average molecular weight is 334 g/mol. The van der Waals surface area contributed by atoms with E-state index in [1.807, 2.05) is 0 Å². The molecule has 0 aromatic heterocycles. The van der Waals surface area contributed by atoms with E-state index in [1.54, 1.807) is 0 Å². The van der Waals surface area contributed by atoms with Gasteiger partial charge in [-0.1, -0.05) is 102 Å². The van der Waals surface area contributed by atoms with Gasteiger partial charge in [-0.25, -0.2) is 0 Å². The van der Waals surface area contributed by atoms with Crippen molar-refractivity contribution in [3.05, 3.63) is 108 Å². The highest BCUT2D eigenvalue weighted by Crippen LogP contribution is 2.34. The summed E-state index contributed by atoms with van der Waals surface area (Å²) >= 11 is 0. The second-order valence-electron chi connectivity index (χ2n) is 6.86. The molecule has 126 valence electrons. The zero-order chi connectivity index (χ0) is 17.9. The van der Waals surface area contributed by atoms with Crippen LogP contribution in [0.1, 0.15) is 11.1 Å². The molecule has 0 heteroatoms. The van der Waals surface area contributed by atoms with Crippen LogP contribution in [-0.2, 0) is 0 Å². The lowest BCUT2D eigenvalue weighted by Crippen LogP contribution is -1.87. The van der Waals surface area contributed by atoms with Crippen molar-refractivity contribution in [2.45, 2.75) is 13.8 Å². The van der Waals surface area contributed by atoms with Crippen LogP contribution in [0.15, 0.2) is 97.1 Å². The zero-order valence-electron chi connectivity index (χ0n) is 15.2. The Morgan fingerprint density at radius 1 is 0.385 bits per heavy atom. The maximum absolute atomic E-state index is 2.29. The van der Waals surface area contributed by atoms with Gasteiger partial charge >= 0.3 is 0 Å². The normalized spacial score (nSPS) is 10.7. The average Bonchev–Trinajstić information content (AvgIpc) is 2.69. The smallest absolute Gasteiger partial charge is 0.0105 e. The van der Waals surface area contributed by atoms with Gasteiger partial charge in [0.25, 0.3) is 0 Å². The summed E-state index contributed by atoms with van der Waals surface area (Å²) in [4.78, 5) is 0. The van der Waals surface area contributed by atoms with Crippen LogP contribution in [0.25, 0.3) is 33.4 Å². The molecule has 0 spiro atoms. The van der Waals surface area contributed by atoms with Gasteiger partial charge in [-0.3, -0.25) is 0 Å². The molecule has 0 aliphatic heterocycles. The van der Waals surface area contributed by atoms with Crippen molar-refractivity contribution in [3.8, 4) is 33.4 Å². The van der Waals surface area contributed by atoms with Crippen molar-refractivity contribution in [3.63, 3.8) is 0 Å². The topological polar surface area (TPSA) is 0 Å². The number of hydrogen-bond donors (Lipinski definition) is 0. The summed E-state index contributed by atoms with van der Waals surface area (Å²) in [5.74, 6) is 0. The summed E-state index contributed by atoms with van der Waals surface area (Å²) < 4.78 is 0. The number of aryl methyl sites for hydroxylation is 2. The summed E-state index contributed by atoms with van der Waals surface area (Å²) in [6, 6.07) is 34.9. The minimum atomic E-state index is 1.25. The van der Waals surface area contributed by atoms with Gasteiger partial charge in [0, 0.05) is 0 Å². The Bertz CT molecular complexity index is 1040. The summed E-state index contributed by atoms with van der Waals surface area (Å²) in [5, 5.41) is 0. The Morgan fingerprint density at radius 2 is 0.962 bits per heavy atom. The lowest BCUT2D eigenvalue weighted by Gasteiger charge is -2.12. The first-order valence-electron chi connectivity index (χ1n) is 9.04. The molecule has 4 rings (SSSR count). The molecule has 0 fully saturated rings. The largest absolute Gasteiger partial charge is 0.0616 e. The highest BCUT2D eigenvalue weighted by molar-refractivity contribution is 5.85. The standard InChI is InChI=1S/C26H22/c1-19-13-15-21(16-14-19)22-8-6-10-24(18-22)26-12-4-3-11-25(26)23-9-5-7-20(2)17-23/h3-18H,1-2H3. The highest BCUT2D eigenvalue weighted by Gasteiger charge is 2.08. The SMILES string of the molecule is Cc1ccc(-c2cccc(-c3ccccc3-c3cccc(C)c3)c2)cc1. The maximum atomic E-state index is 2.29. The van der Waals surface area contributed by atoms with E-state index in [0.717, 1.165) is 0 Å². The third kappa shape index (κ3) is 3.32. The summed E-state index contributed by atoms with van der Waals surface area (Å²) in [5.41, 5.74) is 10.1. The van der Waals surface area contributed by atoms with Gasteiger partial charge in [-0.15, -0.1) is 0 Å². The van der Waals surface area contributed by atoms with Crippen molar-refractivity contribution in [2.24, 2.45) is 0 Å². The van der Waals surface area contributed by atoms with Crippen LogP contribution in [0.5, 0.6) is 0 Å². The van der Waals surface area contributed by atoms with Crippen molar-refractivity contribution >= 4 is 0 Å². The van der Waals surface area contributed by atoms with E-state index in [-0.39, 0.29) is 0 Å². The predicted octanol–water partition coefficient (Wildman–Crippen LogP) is 7.30. The van der Waals surface area contributed by atoms with Crippen LogP contribution in [-0.4, -0.2) is 0 Å². The number of rotatable bonds is 3. The molecule has 4 aromatic carbocycles. The molecule has 0 amide bonds. The molecule has 0 nitrogen and oxygen atoms in total. The second-order valence-corrected chi connectivity index (χ2v) is 6.86. The van der Waals surface area contributed by atoms with Crippen molar-refractivity contribution in [2.75, 3.05) is 0 Å². The van der Waals surface area contributed by atoms with Crippen LogP contribution in [0.2, 0.25) is 0 Å². The zero-order valence-corrected chi connectivity index (χ0v) is 15.2. The van der Waals surface area contributed by atoms with E-state index in [0.29, 0.717) is 0 Å². The molecule has 0 N–H and O–H groups in total. The van der Waals surface area contributed by atoms with Crippen LogP contribution in [0.3, 0.4) is 0 Å². The van der Waals surface area contributed by atoms with E-state index >= 15 is 0 Å².